The van der Waals surface area contributed by atoms with Crippen LogP contribution in [0.15, 0.2) is 23.1 Å². The van der Waals surface area contributed by atoms with E-state index in [2.05, 4.69) is 19.9 Å². The first-order chi connectivity index (χ1) is 11.8. The lowest BCUT2D eigenvalue weighted by Gasteiger charge is -2.31. The van der Waals surface area contributed by atoms with E-state index in [0.717, 1.165) is 62.2 Å². The van der Waals surface area contributed by atoms with Crippen molar-refractivity contribution in [1.29, 1.82) is 0 Å². The fraction of sp³-hybridized carbons (Fsp3) is 0.611. The van der Waals surface area contributed by atoms with Gasteiger partial charge in [0.1, 0.15) is 12.6 Å². The van der Waals surface area contributed by atoms with Gasteiger partial charge < -0.3 is 9.15 Å². The number of hydrogen-bond donors (Lipinski definition) is 0. The summed E-state index contributed by atoms with van der Waals surface area (Å²) in [5.41, 5.74) is 2.16. The Kier molecular flexibility index (Phi) is 4.47. The van der Waals surface area contributed by atoms with E-state index >= 15 is 0 Å². The highest BCUT2D eigenvalue weighted by Gasteiger charge is 2.26. The zero-order valence-electron chi connectivity index (χ0n) is 14.1. The molecule has 0 bridgehead atoms. The van der Waals surface area contributed by atoms with Gasteiger partial charge in [0.25, 0.3) is 0 Å². The summed E-state index contributed by atoms with van der Waals surface area (Å²) in [4.78, 5) is 15.4. The molecule has 2 fully saturated rings. The number of piperidine rings is 1. The van der Waals surface area contributed by atoms with Gasteiger partial charge in [-0.25, -0.2) is 15.0 Å². The first-order valence-corrected chi connectivity index (χ1v) is 8.84. The Morgan fingerprint density at radius 2 is 2.04 bits per heavy atom. The van der Waals surface area contributed by atoms with Gasteiger partial charge in [0.05, 0.1) is 18.0 Å². The molecule has 0 atom stereocenters. The lowest BCUT2D eigenvalue weighted by Crippen LogP contribution is -2.35. The Labute approximate surface area is 142 Å². The molecule has 1 saturated carbocycles. The average molecular weight is 328 g/mol. The van der Waals surface area contributed by atoms with Crippen molar-refractivity contribution >= 4 is 0 Å². The van der Waals surface area contributed by atoms with Crippen LogP contribution in [0.25, 0.3) is 0 Å². The molecule has 0 aromatic carbocycles. The van der Waals surface area contributed by atoms with Gasteiger partial charge in [0.15, 0.2) is 5.89 Å². The van der Waals surface area contributed by atoms with E-state index < -0.39 is 0 Å². The van der Waals surface area contributed by atoms with Crippen LogP contribution in [0, 0.1) is 12.8 Å². The predicted molar refractivity (Wildman–Crippen MR) is 88.7 cm³/mol. The molecule has 6 heteroatoms. The van der Waals surface area contributed by atoms with Gasteiger partial charge in [0.2, 0.25) is 5.88 Å². The summed E-state index contributed by atoms with van der Waals surface area (Å²) < 4.78 is 11.2. The third-order valence-corrected chi connectivity index (χ3v) is 4.89. The fourth-order valence-corrected chi connectivity index (χ4v) is 3.26. The molecule has 4 rings (SSSR count). The van der Waals surface area contributed by atoms with Crippen molar-refractivity contribution in [2.75, 3.05) is 19.7 Å². The van der Waals surface area contributed by atoms with Crippen LogP contribution < -0.4 is 4.74 Å². The lowest BCUT2D eigenvalue weighted by atomic mass is 9.98. The van der Waals surface area contributed by atoms with Gasteiger partial charge in [0, 0.05) is 25.5 Å². The van der Waals surface area contributed by atoms with Crippen LogP contribution in [-0.2, 0) is 6.54 Å². The van der Waals surface area contributed by atoms with Crippen molar-refractivity contribution < 1.29 is 9.15 Å². The molecule has 1 aliphatic carbocycles. The van der Waals surface area contributed by atoms with Crippen molar-refractivity contribution in [3.8, 4) is 5.88 Å². The van der Waals surface area contributed by atoms with E-state index in [1.165, 1.54) is 12.8 Å². The molecule has 1 saturated heterocycles. The number of rotatable bonds is 6. The predicted octanol–water partition coefficient (Wildman–Crippen LogP) is 2.94. The van der Waals surface area contributed by atoms with E-state index in [1.54, 1.807) is 12.6 Å². The van der Waals surface area contributed by atoms with Gasteiger partial charge in [-0.05, 0) is 44.7 Å². The third-order valence-electron chi connectivity index (χ3n) is 4.89. The summed E-state index contributed by atoms with van der Waals surface area (Å²) in [6.45, 7) is 5.67. The smallest absolute Gasteiger partial charge is 0.216 e. The summed E-state index contributed by atoms with van der Waals surface area (Å²) in [6, 6.07) is 2.01. The summed E-state index contributed by atoms with van der Waals surface area (Å²) in [5.74, 6) is 2.70. The van der Waals surface area contributed by atoms with Gasteiger partial charge in [-0.3, -0.25) is 4.90 Å². The van der Waals surface area contributed by atoms with Crippen molar-refractivity contribution in [3.05, 3.63) is 35.9 Å². The number of hydrogen-bond acceptors (Lipinski definition) is 6. The van der Waals surface area contributed by atoms with Gasteiger partial charge in [-0.15, -0.1) is 0 Å². The van der Waals surface area contributed by atoms with Crippen LogP contribution in [0.4, 0.5) is 0 Å². The van der Waals surface area contributed by atoms with Gasteiger partial charge in [-0.2, -0.15) is 0 Å². The molecule has 0 unspecified atom stereocenters. The Morgan fingerprint density at radius 1 is 1.21 bits per heavy atom. The van der Waals surface area contributed by atoms with Gasteiger partial charge in [-0.1, -0.05) is 0 Å². The average Bonchev–Trinajstić information content (AvgIpc) is 3.38. The number of aryl methyl sites for hydroxylation is 1. The van der Waals surface area contributed by atoms with Crippen molar-refractivity contribution in [2.45, 2.75) is 45.1 Å². The quantitative estimate of drug-likeness (QED) is 0.812. The fourth-order valence-electron chi connectivity index (χ4n) is 3.26. The minimum atomic E-state index is 0.597. The molecular weight excluding hydrogens is 304 g/mol. The monoisotopic (exact) mass is 328 g/mol. The zero-order chi connectivity index (χ0) is 16.4. The van der Waals surface area contributed by atoms with E-state index in [9.17, 15) is 0 Å². The van der Waals surface area contributed by atoms with E-state index in [4.69, 9.17) is 9.15 Å². The van der Waals surface area contributed by atoms with Crippen molar-refractivity contribution in [2.24, 2.45) is 5.92 Å². The molecule has 0 radical (unpaired) electrons. The van der Waals surface area contributed by atoms with Crippen molar-refractivity contribution in [3.63, 3.8) is 0 Å². The van der Waals surface area contributed by atoms with Crippen LogP contribution in [-0.4, -0.2) is 39.5 Å². The maximum atomic E-state index is 5.92. The second kappa shape index (κ2) is 6.89. The third kappa shape index (κ3) is 3.93. The molecule has 3 heterocycles. The van der Waals surface area contributed by atoms with E-state index in [1.807, 2.05) is 13.0 Å². The standard InChI is InChI=1S/C18H24N4O2/c1-13-21-16(11-23-13)9-22-6-4-14(5-7-22)10-24-18-8-17(15-2-3-15)19-12-20-18/h8,11-12,14-15H,2-7,9-10H2,1H3. The highest BCUT2D eigenvalue weighted by molar-refractivity contribution is 5.20. The van der Waals surface area contributed by atoms with Crippen LogP contribution in [0.3, 0.4) is 0 Å². The maximum Gasteiger partial charge on any atom is 0.216 e. The molecule has 128 valence electrons. The van der Waals surface area contributed by atoms with Crippen LogP contribution in [0.1, 0.15) is 48.9 Å². The SMILES string of the molecule is Cc1nc(CN2CCC(COc3cc(C4CC4)ncn3)CC2)co1. The normalized spacial score (nSPS) is 19.5. The summed E-state index contributed by atoms with van der Waals surface area (Å²) in [5, 5.41) is 0. The molecule has 6 nitrogen and oxygen atoms in total. The number of aromatic nitrogens is 3. The van der Waals surface area contributed by atoms with Gasteiger partial charge >= 0.3 is 0 Å². The molecule has 0 spiro atoms. The minimum Gasteiger partial charge on any atom is -0.477 e. The highest BCUT2D eigenvalue weighted by Crippen LogP contribution is 2.39. The van der Waals surface area contributed by atoms with E-state index in [-0.39, 0.29) is 0 Å². The molecular formula is C18H24N4O2. The Morgan fingerprint density at radius 3 is 2.75 bits per heavy atom. The molecule has 2 aromatic heterocycles. The van der Waals surface area contributed by atoms with Crippen molar-refractivity contribution in [1.82, 2.24) is 19.9 Å². The molecule has 24 heavy (non-hydrogen) atoms. The Hall–Kier alpha value is -1.95. The number of oxazole rings is 1. The minimum absolute atomic E-state index is 0.597. The zero-order valence-corrected chi connectivity index (χ0v) is 14.1. The lowest BCUT2D eigenvalue weighted by molar-refractivity contribution is 0.133. The number of nitrogens with zero attached hydrogens (tertiary/aromatic N) is 4. The second-order valence-electron chi connectivity index (χ2n) is 6.94. The second-order valence-corrected chi connectivity index (χ2v) is 6.94. The van der Waals surface area contributed by atoms with Crippen LogP contribution in [0.2, 0.25) is 0 Å². The molecule has 2 aromatic rings. The number of likely N-dealkylation sites (tertiary alicyclic amines) is 1. The molecule has 0 N–H and O–H groups in total. The first-order valence-electron chi connectivity index (χ1n) is 8.84. The maximum absolute atomic E-state index is 5.92. The molecule has 0 amide bonds. The topological polar surface area (TPSA) is 64.3 Å². The molecule has 1 aliphatic heterocycles. The Balaban J connectivity index is 1.22. The molecule has 2 aliphatic rings. The number of ether oxygens (including phenoxy) is 1. The summed E-state index contributed by atoms with van der Waals surface area (Å²) in [6.07, 6.45) is 8.19. The van der Waals surface area contributed by atoms with Crippen LogP contribution >= 0.6 is 0 Å². The van der Waals surface area contributed by atoms with Crippen LogP contribution in [0.5, 0.6) is 5.88 Å². The summed E-state index contributed by atoms with van der Waals surface area (Å²) >= 11 is 0. The first kappa shape index (κ1) is 15.6. The van der Waals surface area contributed by atoms with E-state index in [0.29, 0.717) is 11.8 Å². The Bertz CT molecular complexity index is 675. The summed E-state index contributed by atoms with van der Waals surface area (Å²) in [7, 11) is 0. The largest absolute Gasteiger partial charge is 0.477 e. The highest BCUT2D eigenvalue weighted by atomic mass is 16.5.